The number of aryl methyl sites for hydroxylation is 3. The lowest BCUT2D eigenvalue weighted by Gasteiger charge is -2.35. The summed E-state index contributed by atoms with van der Waals surface area (Å²) in [5.74, 6) is 0. The Morgan fingerprint density at radius 3 is 2.11 bits per heavy atom. The number of aromatic nitrogens is 1. The molecule has 0 N–H and O–H groups in total. The van der Waals surface area contributed by atoms with Crippen molar-refractivity contribution in [3.05, 3.63) is 96.7 Å². The summed E-state index contributed by atoms with van der Waals surface area (Å²) in [6, 6.07) is 12.0. The number of benzene rings is 2. The minimum Gasteiger partial charge on any atom is -0.389 e. The second-order valence-corrected chi connectivity index (χ2v) is 11.4. The second-order valence-electron chi connectivity index (χ2n) is 9.61. The van der Waals surface area contributed by atoms with E-state index in [1.807, 2.05) is 12.1 Å². The van der Waals surface area contributed by atoms with Gasteiger partial charge in [-0.25, -0.2) is 0 Å². The molecule has 10 heteroatoms. The number of nitrogens with zero attached hydrogens (tertiary/aromatic N) is 2. The lowest BCUT2D eigenvalue weighted by molar-refractivity contribution is -0.362. The maximum atomic E-state index is 16.7. The number of hydrogen-bond donors (Lipinski definition) is 0. The topological polar surface area (TPSA) is 7.94 Å². The quantitative estimate of drug-likeness (QED) is 0.180. The van der Waals surface area contributed by atoms with Crippen LogP contribution in [0.3, 0.4) is 0 Å². The molecule has 7 rings (SSSR count). The standard InChI is InChI=1S/C26H16BBr2F5N2/c28-17-5-7-19-13(9-17)1-3-15-11-21-23(26(30,31)32)22-12-16-4-2-14-10-18(29)6-8-20(14)25(16)36(22)27(33,34)35(21)24(15)19/h5-12H,1-4H2. The van der Waals surface area contributed by atoms with E-state index in [0.717, 1.165) is 20.1 Å². The molecule has 2 aliphatic carbocycles. The van der Waals surface area contributed by atoms with Crippen LogP contribution in [0.2, 0.25) is 0 Å². The molecule has 0 fully saturated rings. The second kappa shape index (κ2) is 7.31. The molecule has 2 nitrogen and oxygen atoms in total. The van der Waals surface area contributed by atoms with Gasteiger partial charge in [-0.05, 0) is 84.3 Å². The van der Waals surface area contributed by atoms with E-state index < -0.39 is 30.1 Å². The minimum absolute atomic E-state index is 0.186. The van der Waals surface area contributed by atoms with Crippen molar-refractivity contribution in [2.45, 2.75) is 31.9 Å². The van der Waals surface area contributed by atoms with E-state index in [4.69, 9.17) is 0 Å². The SMILES string of the molecule is F[B-]1(F)n2c(cc3c2-c2ccc(Br)cc2CC3)C(C(F)(F)F)=C2C=C3CCc4cc(Br)ccc4C3=[N+]21. The highest BCUT2D eigenvalue weighted by Crippen LogP contribution is 2.51. The van der Waals surface area contributed by atoms with Gasteiger partial charge in [0, 0.05) is 37.5 Å². The molecule has 3 heterocycles. The lowest BCUT2D eigenvalue weighted by Crippen LogP contribution is -2.52. The highest BCUT2D eigenvalue weighted by molar-refractivity contribution is 9.10. The fraction of sp³-hybridized carbons (Fsp3) is 0.192. The zero-order valence-electron chi connectivity index (χ0n) is 18.6. The Balaban J connectivity index is 1.60. The fourth-order valence-corrected chi connectivity index (χ4v) is 7.07. The van der Waals surface area contributed by atoms with Gasteiger partial charge < -0.3 is 17.6 Å². The summed E-state index contributed by atoms with van der Waals surface area (Å²) in [6.07, 6.45) is -1.52. The summed E-state index contributed by atoms with van der Waals surface area (Å²) < 4.78 is 80.4. The average Bonchev–Trinajstić information content (AvgIpc) is 3.37. The van der Waals surface area contributed by atoms with Gasteiger partial charge >= 0.3 is 13.1 Å². The van der Waals surface area contributed by atoms with Crippen molar-refractivity contribution in [1.82, 2.24) is 4.48 Å². The molecule has 0 saturated carbocycles. The Kier molecular flexibility index (Phi) is 4.62. The van der Waals surface area contributed by atoms with Crippen LogP contribution < -0.4 is 0 Å². The first-order valence-corrected chi connectivity index (χ1v) is 13.2. The van der Waals surface area contributed by atoms with Crippen LogP contribution in [0.25, 0.3) is 16.8 Å². The van der Waals surface area contributed by atoms with Crippen molar-refractivity contribution in [2.24, 2.45) is 0 Å². The van der Waals surface area contributed by atoms with E-state index in [1.54, 1.807) is 24.3 Å². The molecule has 4 aliphatic rings. The third kappa shape index (κ3) is 2.97. The van der Waals surface area contributed by atoms with Crippen LogP contribution in [0, 0.1) is 0 Å². The highest BCUT2D eigenvalue weighted by atomic mass is 79.9. The molecule has 182 valence electrons. The van der Waals surface area contributed by atoms with Gasteiger partial charge in [-0.1, -0.05) is 37.9 Å². The molecule has 0 radical (unpaired) electrons. The molecule has 2 aromatic carbocycles. The largest absolute Gasteiger partial charge is 0.737 e. The Morgan fingerprint density at radius 2 is 1.42 bits per heavy atom. The van der Waals surface area contributed by atoms with E-state index in [2.05, 4.69) is 31.9 Å². The van der Waals surface area contributed by atoms with E-state index in [1.165, 1.54) is 12.1 Å². The van der Waals surface area contributed by atoms with Crippen molar-refractivity contribution in [3.63, 3.8) is 0 Å². The maximum Gasteiger partial charge on any atom is 0.737 e. The molecular formula is C26H16BBr2F5N2. The molecular weight excluding hydrogens is 606 g/mol. The van der Waals surface area contributed by atoms with Gasteiger partial charge in [0.2, 0.25) is 0 Å². The minimum atomic E-state index is -4.81. The number of halogens is 7. The molecule has 0 bridgehead atoms. The number of rotatable bonds is 0. The molecule has 0 amide bonds. The lowest BCUT2D eigenvalue weighted by atomic mass is 9.83. The van der Waals surface area contributed by atoms with E-state index in [0.29, 0.717) is 56.9 Å². The van der Waals surface area contributed by atoms with Gasteiger partial charge in [-0.2, -0.15) is 13.2 Å². The van der Waals surface area contributed by atoms with Gasteiger partial charge in [-0.3, -0.25) is 0 Å². The van der Waals surface area contributed by atoms with Gasteiger partial charge in [0.1, 0.15) is 5.57 Å². The monoisotopic (exact) mass is 620 g/mol. The fourth-order valence-electron chi connectivity index (χ4n) is 6.25. The molecule has 0 saturated heterocycles. The van der Waals surface area contributed by atoms with Crippen LogP contribution in [-0.2, 0) is 19.3 Å². The highest BCUT2D eigenvalue weighted by Gasteiger charge is 2.60. The van der Waals surface area contributed by atoms with Crippen molar-refractivity contribution in [2.75, 3.05) is 0 Å². The molecule has 0 spiro atoms. The summed E-state index contributed by atoms with van der Waals surface area (Å²) in [5.41, 5.74) is 2.30. The Labute approximate surface area is 220 Å². The summed E-state index contributed by atoms with van der Waals surface area (Å²) in [6.45, 7) is -4.62. The van der Waals surface area contributed by atoms with Crippen LogP contribution >= 0.6 is 31.9 Å². The molecule has 3 aromatic rings. The van der Waals surface area contributed by atoms with Crippen LogP contribution in [0.15, 0.2) is 68.8 Å². The summed E-state index contributed by atoms with van der Waals surface area (Å²) in [4.78, 5) is 0. The van der Waals surface area contributed by atoms with Crippen molar-refractivity contribution < 1.29 is 26.3 Å². The van der Waals surface area contributed by atoms with Crippen molar-refractivity contribution >= 4 is 50.1 Å². The van der Waals surface area contributed by atoms with Crippen LogP contribution in [-0.4, -0.2) is 27.8 Å². The molecule has 2 aliphatic heterocycles. The first kappa shape index (κ1) is 22.7. The molecule has 1 aromatic heterocycles. The Bertz CT molecular complexity index is 1630. The predicted octanol–water partition coefficient (Wildman–Crippen LogP) is 7.68. The molecule has 36 heavy (non-hydrogen) atoms. The van der Waals surface area contributed by atoms with E-state index >= 15 is 8.63 Å². The maximum absolute atomic E-state index is 16.7. The zero-order chi connectivity index (χ0) is 25.1. The first-order valence-electron chi connectivity index (χ1n) is 11.6. The van der Waals surface area contributed by atoms with Crippen LogP contribution in [0.1, 0.15) is 34.4 Å². The number of alkyl halides is 3. The number of fused-ring (bicyclic) bond motifs is 9. The van der Waals surface area contributed by atoms with Gasteiger partial charge in [0.15, 0.2) is 11.4 Å². The number of allylic oxidation sites excluding steroid dienone is 3. The third-order valence-electron chi connectivity index (χ3n) is 7.62. The first-order chi connectivity index (χ1) is 17.1. The predicted molar refractivity (Wildman–Crippen MR) is 136 cm³/mol. The van der Waals surface area contributed by atoms with E-state index in [9.17, 15) is 13.2 Å². The Morgan fingerprint density at radius 1 is 0.806 bits per heavy atom. The zero-order valence-corrected chi connectivity index (χ0v) is 21.7. The van der Waals surface area contributed by atoms with Crippen molar-refractivity contribution in [3.8, 4) is 11.3 Å². The number of hydrogen-bond acceptors (Lipinski definition) is 0. The Hall–Kier alpha value is -2.46. The van der Waals surface area contributed by atoms with E-state index in [-0.39, 0.29) is 11.4 Å². The summed E-state index contributed by atoms with van der Waals surface area (Å²) >= 11 is 6.84. The smallest absolute Gasteiger partial charge is 0.389 e. The van der Waals surface area contributed by atoms with Crippen LogP contribution in [0.5, 0.6) is 0 Å². The van der Waals surface area contributed by atoms with Crippen LogP contribution in [0.4, 0.5) is 21.8 Å². The molecule has 0 unspecified atom stereocenters. The average molecular weight is 622 g/mol. The third-order valence-corrected chi connectivity index (χ3v) is 8.61. The summed E-state index contributed by atoms with van der Waals surface area (Å²) in [7, 11) is 0. The van der Waals surface area contributed by atoms with Crippen molar-refractivity contribution in [1.29, 1.82) is 0 Å². The van der Waals surface area contributed by atoms with Gasteiger partial charge in [-0.15, -0.1) is 0 Å². The summed E-state index contributed by atoms with van der Waals surface area (Å²) in [5, 5.41) is 0. The van der Waals surface area contributed by atoms with Gasteiger partial charge in [0.25, 0.3) is 0 Å². The normalized spacial score (nSPS) is 19.2. The molecule has 0 atom stereocenters. The van der Waals surface area contributed by atoms with Gasteiger partial charge in [0.05, 0.1) is 0 Å².